The number of hydrogen-bond donors (Lipinski definition) is 3. The first-order valence-electron chi connectivity index (χ1n) is 8.45. The number of benzene rings is 1. The number of carbonyl (C=O) groups excluding carboxylic acids is 1. The zero-order valence-electron chi connectivity index (χ0n) is 14.7. The molecule has 1 amide bonds. The maximum absolute atomic E-state index is 12.8. The third kappa shape index (κ3) is 2.50. The molecule has 6 heteroatoms. The summed E-state index contributed by atoms with van der Waals surface area (Å²) in [5, 5.41) is 3.00. The molecule has 3 atom stereocenters. The molecule has 1 aromatic carbocycles. The summed E-state index contributed by atoms with van der Waals surface area (Å²) < 4.78 is 5.69. The highest BCUT2D eigenvalue weighted by Crippen LogP contribution is 2.50. The van der Waals surface area contributed by atoms with Crippen molar-refractivity contribution < 1.29 is 9.53 Å². The Balaban J connectivity index is 1.72. The molecule has 1 saturated carbocycles. The number of H-pyrrole nitrogens is 1. The SMILES string of the molecule is CCOC1CC(N)(C(=O)NC(C)c2nc3ccccc3[nH]2)C1(C)C. The Morgan fingerprint density at radius 1 is 1.50 bits per heavy atom. The quantitative estimate of drug-likeness (QED) is 0.784. The fraction of sp³-hybridized carbons (Fsp3) is 0.556. The number of nitrogens with zero attached hydrogens (tertiary/aromatic N) is 1. The lowest BCUT2D eigenvalue weighted by Gasteiger charge is -2.57. The van der Waals surface area contributed by atoms with E-state index in [1.165, 1.54) is 0 Å². The lowest BCUT2D eigenvalue weighted by molar-refractivity contribution is -0.171. The van der Waals surface area contributed by atoms with Crippen molar-refractivity contribution in [1.82, 2.24) is 15.3 Å². The molecular weight excluding hydrogens is 304 g/mol. The monoisotopic (exact) mass is 330 g/mol. The summed E-state index contributed by atoms with van der Waals surface area (Å²) in [4.78, 5) is 20.6. The Morgan fingerprint density at radius 3 is 2.83 bits per heavy atom. The number of fused-ring (bicyclic) bond motifs is 1. The number of nitrogens with two attached hydrogens (primary N) is 1. The van der Waals surface area contributed by atoms with Crippen LogP contribution in [0.15, 0.2) is 24.3 Å². The first-order valence-corrected chi connectivity index (χ1v) is 8.45. The number of ether oxygens (including phenoxy) is 1. The minimum Gasteiger partial charge on any atom is -0.378 e. The molecule has 1 heterocycles. The van der Waals surface area contributed by atoms with Gasteiger partial charge in [0.25, 0.3) is 0 Å². The van der Waals surface area contributed by atoms with Gasteiger partial charge >= 0.3 is 0 Å². The van der Waals surface area contributed by atoms with Gasteiger partial charge in [0.1, 0.15) is 11.4 Å². The van der Waals surface area contributed by atoms with Crippen LogP contribution in [0.2, 0.25) is 0 Å². The van der Waals surface area contributed by atoms with Crippen LogP contribution in [0.1, 0.15) is 46.0 Å². The van der Waals surface area contributed by atoms with E-state index in [1.54, 1.807) is 0 Å². The van der Waals surface area contributed by atoms with Crippen molar-refractivity contribution in [3.05, 3.63) is 30.1 Å². The number of carbonyl (C=O) groups is 1. The van der Waals surface area contributed by atoms with E-state index < -0.39 is 11.0 Å². The van der Waals surface area contributed by atoms with Gasteiger partial charge in [-0.15, -0.1) is 0 Å². The second kappa shape index (κ2) is 5.86. The maximum atomic E-state index is 12.8. The molecular formula is C18H26N4O2. The van der Waals surface area contributed by atoms with Gasteiger partial charge in [-0.2, -0.15) is 0 Å². The van der Waals surface area contributed by atoms with Gasteiger partial charge in [-0.1, -0.05) is 26.0 Å². The number of nitrogens with one attached hydrogen (secondary N) is 2. The number of aromatic amines is 1. The first kappa shape index (κ1) is 16.9. The van der Waals surface area contributed by atoms with Crippen molar-refractivity contribution in [3.63, 3.8) is 0 Å². The van der Waals surface area contributed by atoms with E-state index in [9.17, 15) is 4.79 Å². The van der Waals surface area contributed by atoms with E-state index in [0.717, 1.165) is 16.9 Å². The van der Waals surface area contributed by atoms with E-state index >= 15 is 0 Å². The van der Waals surface area contributed by atoms with E-state index in [2.05, 4.69) is 15.3 Å². The Kier molecular flexibility index (Phi) is 4.13. The van der Waals surface area contributed by atoms with Gasteiger partial charge in [0.2, 0.25) is 5.91 Å². The minimum atomic E-state index is -0.923. The minimum absolute atomic E-state index is 0.0137. The molecule has 2 aromatic rings. The van der Waals surface area contributed by atoms with Gasteiger partial charge in [-0.25, -0.2) is 4.98 Å². The Morgan fingerprint density at radius 2 is 2.21 bits per heavy atom. The summed E-state index contributed by atoms with van der Waals surface area (Å²) in [6.45, 7) is 8.46. The number of para-hydroxylation sites is 2. The van der Waals surface area contributed by atoms with E-state index in [4.69, 9.17) is 10.5 Å². The van der Waals surface area contributed by atoms with Gasteiger partial charge in [0, 0.05) is 18.4 Å². The third-order valence-corrected chi connectivity index (χ3v) is 5.40. The molecule has 6 nitrogen and oxygen atoms in total. The summed E-state index contributed by atoms with van der Waals surface area (Å²) in [6.07, 6.45) is 0.548. The highest BCUT2D eigenvalue weighted by atomic mass is 16.5. The zero-order chi connectivity index (χ0) is 17.5. The Hall–Kier alpha value is -1.92. The van der Waals surface area contributed by atoms with Crippen LogP contribution < -0.4 is 11.1 Å². The van der Waals surface area contributed by atoms with Crippen molar-refractivity contribution >= 4 is 16.9 Å². The van der Waals surface area contributed by atoms with Crippen LogP contribution in [0.5, 0.6) is 0 Å². The summed E-state index contributed by atoms with van der Waals surface area (Å²) in [5.74, 6) is 0.572. The van der Waals surface area contributed by atoms with Crippen LogP contribution >= 0.6 is 0 Å². The lowest BCUT2D eigenvalue weighted by Crippen LogP contribution is -2.75. The smallest absolute Gasteiger partial charge is 0.241 e. The number of imidazole rings is 1. The normalized spacial score (nSPS) is 26.8. The molecule has 1 aromatic heterocycles. The zero-order valence-corrected chi connectivity index (χ0v) is 14.7. The topological polar surface area (TPSA) is 93.0 Å². The number of hydrogen-bond acceptors (Lipinski definition) is 4. The fourth-order valence-electron chi connectivity index (χ4n) is 3.39. The average molecular weight is 330 g/mol. The molecule has 1 aliphatic rings. The fourth-order valence-corrected chi connectivity index (χ4v) is 3.39. The molecule has 1 aliphatic carbocycles. The van der Waals surface area contributed by atoms with Crippen LogP contribution in [0.3, 0.4) is 0 Å². The van der Waals surface area contributed by atoms with E-state index in [-0.39, 0.29) is 18.1 Å². The van der Waals surface area contributed by atoms with Crippen molar-refractivity contribution in [2.75, 3.05) is 6.61 Å². The van der Waals surface area contributed by atoms with Gasteiger partial charge in [0.05, 0.1) is 23.2 Å². The van der Waals surface area contributed by atoms with Gasteiger partial charge in [0.15, 0.2) is 0 Å². The van der Waals surface area contributed by atoms with Crippen LogP contribution in [0, 0.1) is 5.41 Å². The van der Waals surface area contributed by atoms with Gasteiger partial charge in [-0.05, 0) is 26.0 Å². The molecule has 0 radical (unpaired) electrons. The van der Waals surface area contributed by atoms with E-state index in [0.29, 0.717) is 13.0 Å². The lowest BCUT2D eigenvalue weighted by atomic mass is 9.54. The molecule has 3 rings (SSSR count). The first-order chi connectivity index (χ1) is 11.3. The second-order valence-electron chi connectivity index (χ2n) is 7.18. The van der Waals surface area contributed by atoms with Crippen LogP contribution in [0.25, 0.3) is 11.0 Å². The highest BCUT2D eigenvalue weighted by molar-refractivity contribution is 5.89. The molecule has 0 bridgehead atoms. The largest absolute Gasteiger partial charge is 0.378 e. The molecule has 0 saturated heterocycles. The summed E-state index contributed by atoms with van der Waals surface area (Å²) in [7, 11) is 0. The maximum Gasteiger partial charge on any atom is 0.241 e. The summed E-state index contributed by atoms with van der Waals surface area (Å²) in [5.41, 5.74) is 6.94. The third-order valence-electron chi connectivity index (χ3n) is 5.40. The number of aromatic nitrogens is 2. The van der Waals surface area contributed by atoms with Crippen molar-refractivity contribution in [2.45, 2.75) is 51.8 Å². The Bertz CT molecular complexity index is 721. The molecule has 4 N–H and O–H groups in total. The molecule has 24 heavy (non-hydrogen) atoms. The predicted octanol–water partition coefficient (Wildman–Crippen LogP) is 2.27. The number of rotatable bonds is 5. The molecule has 130 valence electrons. The van der Waals surface area contributed by atoms with Crippen LogP contribution in [-0.4, -0.2) is 34.1 Å². The van der Waals surface area contributed by atoms with Crippen molar-refractivity contribution in [2.24, 2.45) is 11.1 Å². The predicted molar refractivity (Wildman–Crippen MR) is 93.4 cm³/mol. The molecule has 3 unspecified atom stereocenters. The number of amides is 1. The molecule has 0 aliphatic heterocycles. The second-order valence-corrected chi connectivity index (χ2v) is 7.18. The highest BCUT2D eigenvalue weighted by Gasteiger charge is 2.63. The van der Waals surface area contributed by atoms with Gasteiger partial charge in [-0.3, -0.25) is 4.79 Å². The summed E-state index contributed by atoms with van der Waals surface area (Å²) >= 11 is 0. The summed E-state index contributed by atoms with van der Waals surface area (Å²) in [6, 6.07) is 7.55. The van der Waals surface area contributed by atoms with Gasteiger partial charge < -0.3 is 20.8 Å². The van der Waals surface area contributed by atoms with Crippen LogP contribution in [-0.2, 0) is 9.53 Å². The molecule has 1 fully saturated rings. The van der Waals surface area contributed by atoms with E-state index in [1.807, 2.05) is 52.0 Å². The standard InChI is InChI=1S/C18H26N4O2/c1-5-24-14-10-18(19,17(14,3)4)16(23)20-11(2)15-21-12-8-6-7-9-13(12)22-15/h6-9,11,14H,5,10,19H2,1-4H3,(H,20,23)(H,21,22). The van der Waals surface area contributed by atoms with Crippen molar-refractivity contribution in [1.29, 1.82) is 0 Å². The Labute approximate surface area is 142 Å². The van der Waals surface area contributed by atoms with Crippen molar-refractivity contribution in [3.8, 4) is 0 Å². The average Bonchev–Trinajstić information content (AvgIpc) is 2.98. The van der Waals surface area contributed by atoms with Crippen LogP contribution in [0.4, 0.5) is 0 Å². The molecule has 0 spiro atoms.